The number of nitrogens with one attached hydrogen (secondary N) is 1. The Morgan fingerprint density at radius 3 is 2.65 bits per heavy atom. The van der Waals surface area contributed by atoms with E-state index in [2.05, 4.69) is 58.1 Å². The van der Waals surface area contributed by atoms with E-state index in [0.29, 0.717) is 23.6 Å². The van der Waals surface area contributed by atoms with Crippen LogP contribution in [0.1, 0.15) is 27.9 Å². The fourth-order valence-electron chi connectivity index (χ4n) is 3.25. The van der Waals surface area contributed by atoms with Crippen molar-refractivity contribution in [3.63, 3.8) is 0 Å². The summed E-state index contributed by atoms with van der Waals surface area (Å²) in [5, 5.41) is 3.01. The number of ether oxygens (including phenoxy) is 2. The Bertz CT molecular complexity index is 823. The number of nitrogens with zero attached hydrogens (tertiary/aromatic N) is 1. The average molecular weight is 466 g/mol. The third kappa shape index (κ3) is 3.90. The van der Waals surface area contributed by atoms with Crippen molar-refractivity contribution in [2.45, 2.75) is 19.4 Å². The van der Waals surface area contributed by atoms with Gasteiger partial charge in [-0.3, -0.25) is 4.79 Å². The highest BCUT2D eigenvalue weighted by molar-refractivity contribution is 14.1. The fourth-order valence-corrected chi connectivity index (χ4v) is 3.94. The average Bonchev–Trinajstić information content (AvgIpc) is 2.65. The second kappa shape index (κ2) is 8.16. The number of rotatable bonds is 5. The van der Waals surface area contributed by atoms with Gasteiger partial charge in [-0.25, -0.2) is 0 Å². The van der Waals surface area contributed by atoms with Gasteiger partial charge in [-0.1, -0.05) is 12.1 Å². The van der Waals surface area contributed by atoms with Crippen LogP contribution in [0, 0.1) is 3.57 Å². The van der Waals surface area contributed by atoms with Gasteiger partial charge < -0.3 is 19.7 Å². The first-order valence-electron chi connectivity index (χ1n) is 8.56. The molecule has 0 saturated heterocycles. The minimum Gasteiger partial charge on any atom is -0.493 e. The molecule has 2 aromatic carbocycles. The molecule has 2 aromatic rings. The zero-order valence-corrected chi connectivity index (χ0v) is 17.4. The van der Waals surface area contributed by atoms with Crippen molar-refractivity contribution in [1.29, 1.82) is 0 Å². The van der Waals surface area contributed by atoms with E-state index < -0.39 is 0 Å². The van der Waals surface area contributed by atoms with Crippen molar-refractivity contribution >= 4 is 34.2 Å². The van der Waals surface area contributed by atoms with Gasteiger partial charge in [0.15, 0.2) is 11.5 Å². The highest BCUT2D eigenvalue weighted by Gasteiger charge is 2.17. The fraction of sp³-hybridized carbons (Fsp3) is 0.350. The minimum absolute atomic E-state index is 0.120. The van der Waals surface area contributed by atoms with E-state index >= 15 is 0 Å². The molecule has 0 unspecified atom stereocenters. The van der Waals surface area contributed by atoms with Gasteiger partial charge in [0.05, 0.1) is 19.8 Å². The Balaban J connectivity index is 1.73. The van der Waals surface area contributed by atoms with Crippen LogP contribution in [0.3, 0.4) is 0 Å². The van der Waals surface area contributed by atoms with E-state index in [1.54, 1.807) is 20.3 Å². The molecule has 0 radical (unpaired) electrons. The van der Waals surface area contributed by atoms with Crippen molar-refractivity contribution in [1.82, 2.24) is 5.32 Å². The van der Waals surface area contributed by atoms with E-state index in [9.17, 15) is 4.79 Å². The second-order valence-corrected chi connectivity index (χ2v) is 7.52. The first-order chi connectivity index (χ1) is 12.5. The molecular formula is C20H23IN2O3. The second-order valence-electron chi connectivity index (χ2n) is 6.36. The standard InChI is InChI=1S/C20H23IN2O3/c1-23-8-4-5-14-9-13(6-7-17(14)23)12-22-20(24)15-10-18(25-2)19(26-3)11-16(15)21/h6-7,9-11H,4-5,8,12H2,1-3H3,(H,22,24). The number of halogens is 1. The number of hydrogen-bond acceptors (Lipinski definition) is 4. The molecule has 1 aliphatic heterocycles. The predicted octanol–water partition coefficient (Wildman–Crippen LogP) is 3.62. The number of anilines is 1. The molecule has 6 heteroatoms. The molecule has 0 saturated carbocycles. The van der Waals surface area contributed by atoms with E-state index in [4.69, 9.17) is 9.47 Å². The maximum Gasteiger partial charge on any atom is 0.252 e. The summed E-state index contributed by atoms with van der Waals surface area (Å²) in [6, 6.07) is 9.96. The topological polar surface area (TPSA) is 50.8 Å². The normalized spacial score (nSPS) is 13.2. The predicted molar refractivity (Wildman–Crippen MR) is 111 cm³/mol. The third-order valence-electron chi connectivity index (χ3n) is 4.67. The van der Waals surface area contributed by atoms with Crippen LogP contribution in [-0.2, 0) is 13.0 Å². The molecule has 0 bridgehead atoms. The molecule has 0 spiro atoms. The third-order valence-corrected chi connectivity index (χ3v) is 5.56. The highest BCUT2D eigenvalue weighted by atomic mass is 127. The number of carbonyl (C=O) groups is 1. The lowest BCUT2D eigenvalue weighted by molar-refractivity contribution is 0.0949. The Kier molecular flexibility index (Phi) is 5.90. The molecule has 0 fully saturated rings. The molecule has 1 amide bonds. The zero-order valence-electron chi connectivity index (χ0n) is 15.3. The van der Waals surface area contributed by atoms with Gasteiger partial charge in [0.25, 0.3) is 5.91 Å². The number of methoxy groups -OCH3 is 2. The Hall–Kier alpha value is -1.96. The molecule has 5 nitrogen and oxygen atoms in total. The molecular weight excluding hydrogens is 443 g/mol. The smallest absolute Gasteiger partial charge is 0.252 e. The molecule has 1 heterocycles. The maximum atomic E-state index is 12.6. The number of amides is 1. The lowest BCUT2D eigenvalue weighted by Crippen LogP contribution is -2.26. The Morgan fingerprint density at radius 1 is 1.19 bits per heavy atom. The molecule has 0 aromatic heterocycles. The number of benzene rings is 2. The number of carbonyl (C=O) groups excluding carboxylic acids is 1. The van der Waals surface area contributed by atoms with Crippen molar-refractivity contribution in [3.05, 3.63) is 50.6 Å². The van der Waals surface area contributed by atoms with E-state index in [0.717, 1.165) is 22.1 Å². The molecule has 1 N–H and O–H groups in total. The van der Waals surface area contributed by atoms with Gasteiger partial charge in [0.2, 0.25) is 0 Å². The molecule has 0 atom stereocenters. The summed E-state index contributed by atoms with van der Waals surface area (Å²) in [5.41, 5.74) is 4.34. The minimum atomic E-state index is -0.120. The number of hydrogen-bond donors (Lipinski definition) is 1. The summed E-state index contributed by atoms with van der Waals surface area (Å²) >= 11 is 2.14. The SMILES string of the molecule is COc1cc(I)c(C(=O)NCc2ccc3c(c2)CCCN3C)cc1OC. The Morgan fingerprint density at radius 2 is 1.92 bits per heavy atom. The zero-order chi connectivity index (χ0) is 18.7. The lowest BCUT2D eigenvalue weighted by Gasteiger charge is -2.27. The van der Waals surface area contributed by atoms with E-state index in [1.165, 1.54) is 17.7 Å². The van der Waals surface area contributed by atoms with Crippen molar-refractivity contribution in [3.8, 4) is 11.5 Å². The van der Waals surface area contributed by atoms with Crippen LogP contribution in [-0.4, -0.2) is 33.7 Å². The lowest BCUT2D eigenvalue weighted by atomic mass is 9.99. The molecule has 3 rings (SSSR count). The monoisotopic (exact) mass is 466 g/mol. The number of fused-ring (bicyclic) bond motifs is 1. The first-order valence-corrected chi connectivity index (χ1v) is 9.64. The summed E-state index contributed by atoms with van der Waals surface area (Å²) in [7, 11) is 5.27. The molecule has 0 aliphatic carbocycles. The van der Waals surface area contributed by atoms with Gasteiger partial charge in [0.1, 0.15) is 0 Å². The molecule has 138 valence electrons. The maximum absolute atomic E-state index is 12.6. The summed E-state index contributed by atoms with van der Waals surface area (Å²) in [6.07, 6.45) is 2.26. The summed E-state index contributed by atoms with van der Waals surface area (Å²) < 4.78 is 11.4. The van der Waals surface area contributed by atoms with Crippen LogP contribution < -0.4 is 19.7 Å². The summed E-state index contributed by atoms with van der Waals surface area (Å²) in [6.45, 7) is 1.60. The largest absolute Gasteiger partial charge is 0.493 e. The van der Waals surface area contributed by atoms with Gasteiger partial charge in [-0.15, -0.1) is 0 Å². The van der Waals surface area contributed by atoms with E-state index in [-0.39, 0.29) is 5.91 Å². The van der Waals surface area contributed by atoms with Gasteiger partial charge in [-0.2, -0.15) is 0 Å². The van der Waals surface area contributed by atoms with Crippen LogP contribution in [0.5, 0.6) is 11.5 Å². The van der Waals surface area contributed by atoms with Crippen molar-refractivity contribution in [2.75, 3.05) is 32.7 Å². The highest BCUT2D eigenvalue weighted by Crippen LogP contribution is 2.31. The van der Waals surface area contributed by atoms with E-state index in [1.807, 2.05) is 6.07 Å². The van der Waals surface area contributed by atoms with Crippen LogP contribution in [0.15, 0.2) is 30.3 Å². The van der Waals surface area contributed by atoms with Gasteiger partial charge in [-0.05, 0) is 64.8 Å². The van der Waals surface area contributed by atoms with Crippen LogP contribution >= 0.6 is 22.6 Å². The first kappa shape index (κ1) is 18.8. The van der Waals surface area contributed by atoms with Gasteiger partial charge in [0, 0.05) is 29.4 Å². The quantitative estimate of drug-likeness (QED) is 0.685. The van der Waals surface area contributed by atoms with Gasteiger partial charge >= 0.3 is 0 Å². The van der Waals surface area contributed by atoms with Crippen LogP contribution in [0.2, 0.25) is 0 Å². The summed E-state index contributed by atoms with van der Waals surface area (Å²) in [4.78, 5) is 14.9. The van der Waals surface area contributed by atoms with Crippen molar-refractivity contribution < 1.29 is 14.3 Å². The van der Waals surface area contributed by atoms with Crippen LogP contribution in [0.4, 0.5) is 5.69 Å². The molecule has 26 heavy (non-hydrogen) atoms. The summed E-state index contributed by atoms with van der Waals surface area (Å²) in [5.74, 6) is 1.05. The Labute approximate surface area is 167 Å². The van der Waals surface area contributed by atoms with Crippen molar-refractivity contribution in [2.24, 2.45) is 0 Å². The van der Waals surface area contributed by atoms with Crippen LogP contribution in [0.25, 0.3) is 0 Å². The number of aryl methyl sites for hydroxylation is 1. The molecule has 1 aliphatic rings.